The highest BCUT2D eigenvalue weighted by atomic mass is 32.2. The van der Waals surface area contributed by atoms with Gasteiger partial charge in [-0.15, -0.1) is 23.1 Å². The second kappa shape index (κ2) is 8.33. The summed E-state index contributed by atoms with van der Waals surface area (Å²) in [5, 5.41) is 6.68. The average Bonchev–Trinajstić information content (AvgIpc) is 2.96. The summed E-state index contributed by atoms with van der Waals surface area (Å²) >= 11 is 2.88. The first-order valence-electron chi connectivity index (χ1n) is 8.11. The van der Waals surface area contributed by atoms with E-state index in [-0.39, 0.29) is 23.3 Å². The second-order valence-electron chi connectivity index (χ2n) is 5.87. The number of anilines is 2. The molecule has 0 spiro atoms. The quantitative estimate of drug-likeness (QED) is 0.666. The largest absolute Gasteiger partial charge is 0.325 e. The summed E-state index contributed by atoms with van der Waals surface area (Å²) in [6.45, 7) is 3.95. The summed E-state index contributed by atoms with van der Waals surface area (Å²) < 4.78 is 1.05. The molecule has 2 N–H and O–H groups in total. The average molecular weight is 386 g/mol. The van der Waals surface area contributed by atoms with Crippen molar-refractivity contribution in [3.63, 3.8) is 0 Å². The van der Waals surface area contributed by atoms with E-state index in [4.69, 9.17) is 0 Å². The molecule has 0 aliphatic rings. The van der Waals surface area contributed by atoms with Gasteiger partial charge in [-0.3, -0.25) is 9.59 Å². The molecule has 26 heavy (non-hydrogen) atoms. The summed E-state index contributed by atoms with van der Waals surface area (Å²) in [5.74, 6) is 0.210. The molecule has 1 heterocycles. The van der Waals surface area contributed by atoms with Crippen LogP contribution in [0.25, 0.3) is 10.2 Å². The number of fused-ring (bicyclic) bond motifs is 1. The Balaban J connectivity index is 1.44. The minimum Gasteiger partial charge on any atom is -0.325 e. The summed E-state index contributed by atoms with van der Waals surface area (Å²) in [4.78, 5) is 28.4. The van der Waals surface area contributed by atoms with Gasteiger partial charge < -0.3 is 10.6 Å². The molecule has 0 radical (unpaired) electrons. The minimum atomic E-state index is -0.126. The van der Waals surface area contributed by atoms with Crippen molar-refractivity contribution in [1.82, 2.24) is 4.98 Å². The number of rotatable bonds is 6. The Bertz CT molecular complexity index is 936. The van der Waals surface area contributed by atoms with Crippen molar-refractivity contribution in [2.75, 3.05) is 22.1 Å². The monoisotopic (exact) mass is 385 g/mol. The molecule has 0 atom stereocenters. The van der Waals surface area contributed by atoms with Crippen LogP contribution in [-0.2, 0) is 9.59 Å². The summed E-state index contributed by atoms with van der Waals surface area (Å²) in [6.07, 6.45) is 0. The highest BCUT2D eigenvalue weighted by molar-refractivity contribution is 8.00. The van der Waals surface area contributed by atoms with Gasteiger partial charge in [0.1, 0.15) is 0 Å². The molecule has 1 aromatic heterocycles. The molecular formula is C19H19N3O2S2. The predicted molar refractivity (Wildman–Crippen MR) is 110 cm³/mol. The van der Waals surface area contributed by atoms with Crippen molar-refractivity contribution in [2.45, 2.75) is 13.8 Å². The molecule has 3 aromatic rings. The number of amides is 2. The zero-order valence-electron chi connectivity index (χ0n) is 14.5. The van der Waals surface area contributed by atoms with Crippen molar-refractivity contribution < 1.29 is 9.59 Å². The van der Waals surface area contributed by atoms with E-state index >= 15 is 0 Å². The van der Waals surface area contributed by atoms with Crippen LogP contribution in [0.5, 0.6) is 0 Å². The number of aromatic nitrogens is 1. The molecule has 2 amide bonds. The Hall–Kier alpha value is -2.38. The van der Waals surface area contributed by atoms with Crippen molar-refractivity contribution in [3.8, 4) is 0 Å². The zero-order valence-corrected chi connectivity index (χ0v) is 16.2. The topological polar surface area (TPSA) is 71.1 Å². The fraction of sp³-hybridized carbons (Fsp3) is 0.211. The van der Waals surface area contributed by atoms with E-state index in [9.17, 15) is 9.59 Å². The number of hydrogen-bond donors (Lipinski definition) is 2. The zero-order chi connectivity index (χ0) is 18.5. The second-order valence-corrected chi connectivity index (χ2v) is 8.09. The third-order valence-corrected chi connectivity index (χ3v) is 5.45. The first-order chi connectivity index (χ1) is 12.5. The Morgan fingerprint density at radius 2 is 1.58 bits per heavy atom. The van der Waals surface area contributed by atoms with Crippen molar-refractivity contribution >= 4 is 56.5 Å². The van der Waals surface area contributed by atoms with Crippen molar-refractivity contribution in [2.24, 2.45) is 0 Å². The highest BCUT2D eigenvalue weighted by Crippen LogP contribution is 2.24. The number of carbonyl (C=O) groups is 2. The molecule has 0 saturated carbocycles. The van der Waals surface area contributed by atoms with Gasteiger partial charge in [0.05, 0.1) is 26.7 Å². The third-order valence-electron chi connectivity index (χ3n) is 3.58. The van der Waals surface area contributed by atoms with Crippen molar-refractivity contribution in [3.05, 3.63) is 53.0 Å². The molecular weight excluding hydrogens is 366 g/mol. The number of nitrogens with zero attached hydrogens (tertiary/aromatic N) is 1. The van der Waals surface area contributed by atoms with Crippen LogP contribution < -0.4 is 10.6 Å². The number of hydrogen-bond acceptors (Lipinski definition) is 5. The first-order valence-corrected chi connectivity index (χ1v) is 10.1. The fourth-order valence-electron chi connectivity index (χ4n) is 2.39. The Morgan fingerprint density at radius 3 is 2.27 bits per heavy atom. The summed E-state index contributed by atoms with van der Waals surface area (Å²) in [5.41, 5.74) is 3.59. The molecule has 5 nitrogen and oxygen atoms in total. The van der Waals surface area contributed by atoms with Gasteiger partial charge in [0.25, 0.3) is 0 Å². The van der Waals surface area contributed by atoms with E-state index in [0.29, 0.717) is 0 Å². The number of thiazole rings is 1. The number of nitrogens with one attached hydrogen (secondary N) is 2. The normalized spacial score (nSPS) is 10.7. The lowest BCUT2D eigenvalue weighted by atomic mass is 10.2. The predicted octanol–water partition coefficient (Wildman–Crippen LogP) is 4.22. The fourth-order valence-corrected chi connectivity index (χ4v) is 3.87. The van der Waals surface area contributed by atoms with Crippen LogP contribution in [0.2, 0.25) is 0 Å². The molecule has 0 fully saturated rings. The van der Waals surface area contributed by atoms with Gasteiger partial charge in [-0.25, -0.2) is 4.98 Å². The Labute approximate surface area is 160 Å². The number of carbonyl (C=O) groups excluding carboxylic acids is 2. The molecule has 3 rings (SSSR count). The van der Waals surface area contributed by atoms with E-state index in [0.717, 1.165) is 32.2 Å². The lowest BCUT2D eigenvalue weighted by Crippen LogP contribution is -2.18. The molecule has 7 heteroatoms. The lowest BCUT2D eigenvalue weighted by molar-refractivity contribution is -0.114. The van der Waals surface area contributed by atoms with Gasteiger partial charge in [-0.1, -0.05) is 17.7 Å². The van der Waals surface area contributed by atoms with Crippen LogP contribution in [0.1, 0.15) is 10.6 Å². The Morgan fingerprint density at radius 1 is 0.962 bits per heavy atom. The lowest BCUT2D eigenvalue weighted by Gasteiger charge is -2.07. The van der Waals surface area contributed by atoms with Crippen LogP contribution >= 0.6 is 23.1 Å². The van der Waals surface area contributed by atoms with Crippen LogP contribution in [-0.4, -0.2) is 28.3 Å². The molecule has 0 bridgehead atoms. The molecule has 0 unspecified atom stereocenters. The van der Waals surface area contributed by atoms with Crippen LogP contribution in [0.3, 0.4) is 0 Å². The third kappa shape index (κ3) is 5.06. The number of aryl methyl sites for hydroxylation is 2. The van der Waals surface area contributed by atoms with E-state index < -0.39 is 0 Å². The first kappa shape index (κ1) is 18.4. The molecule has 134 valence electrons. The molecule has 0 aliphatic heterocycles. The molecule has 0 saturated heterocycles. The molecule has 0 aliphatic carbocycles. The van der Waals surface area contributed by atoms with Gasteiger partial charge in [-0.2, -0.15) is 0 Å². The van der Waals surface area contributed by atoms with Gasteiger partial charge in [0.2, 0.25) is 11.8 Å². The smallest absolute Gasteiger partial charge is 0.234 e. The molecule has 2 aromatic carbocycles. The minimum absolute atomic E-state index is 0.117. The highest BCUT2D eigenvalue weighted by Gasteiger charge is 2.08. The number of thioether (sulfide) groups is 1. The number of benzene rings is 2. The Kier molecular flexibility index (Phi) is 5.90. The van der Waals surface area contributed by atoms with E-state index in [1.54, 1.807) is 11.3 Å². The maximum Gasteiger partial charge on any atom is 0.234 e. The van der Waals surface area contributed by atoms with Crippen LogP contribution in [0.15, 0.2) is 42.5 Å². The van der Waals surface area contributed by atoms with Gasteiger partial charge in [0, 0.05) is 11.4 Å². The summed E-state index contributed by atoms with van der Waals surface area (Å²) in [6, 6.07) is 13.3. The maximum atomic E-state index is 12.1. The maximum absolute atomic E-state index is 12.1. The van der Waals surface area contributed by atoms with Gasteiger partial charge >= 0.3 is 0 Å². The summed E-state index contributed by atoms with van der Waals surface area (Å²) in [7, 11) is 0. The van der Waals surface area contributed by atoms with Crippen LogP contribution in [0, 0.1) is 13.8 Å². The SMILES string of the molecule is Cc1ccc(NC(=O)CSCC(=O)Nc2ccc3nc(C)sc3c2)cc1. The van der Waals surface area contributed by atoms with E-state index in [1.807, 2.05) is 56.3 Å². The van der Waals surface area contributed by atoms with E-state index in [2.05, 4.69) is 15.6 Å². The standard InChI is InChI=1S/C19H19N3O2S2/c1-12-3-5-14(6-4-12)21-18(23)10-25-11-19(24)22-15-7-8-16-17(9-15)26-13(2)20-16/h3-9H,10-11H2,1-2H3,(H,21,23)(H,22,24). The van der Waals surface area contributed by atoms with E-state index in [1.165, 1.54) is 11.8 Å². The van der Waals surface area contributed by atoms with Gasteiger partial charge in [0.15, 0.2) is 0 Å². The van der Waals surface area contributed by atoms with Crippen LogP contribution in [0.4, 0.5) is 11.4 Å². The van der Waals surface area contributed by atoms with Crippen molar-refractivity contribution in [1.29, 1.82) is 0 Å². The van der Waals surface area contributed by atoms with Gasteiger partial charge in [-0.05, 0) is 44.2 Å².